The van der Waals surface area contributed by atoms with Crippen LogP contribution in [0.4, 0.5) is 15.8 Å². The first-order valence-electron chi connectivity index (χ1n) is 10.5. The Morgan fingerprint density at radius 1 is 1.16 bits per heavy atom. The fraction of sp³-hybridized carbons (Fsp3) is 0.208. The molecule has 0 saturated carbocycles. The van der Waals surface area contributed by atoms with E-state index in [2.05, 4.69) is 15.3 Å². The molecule has 1 atom stereocenters. The minimum atomic E-state index is -0.496. The van der Waals surface area contributed by atoms with Gasteiger partial charge < -0.3 is 15.1 Å². The molecular formula is C24H19ClFN5O. The van der Waals surface area contributed by atoms with Crippen molar-refractivity contribution in [3.05, 3.63) is 59.6 Å². The predicted octanol–water partition coefficient (Wildman–Crippen LogP) is 4.00. The Bertz CT molecular complexity index is 1420. The van der Waals surface area contributed by atoms with Gasteiger partial charge in [0.15, 0.2) is 5.82 Å². The first-order valence-corrected chi connectivity index (χ1v) is 10.8. The zero-order valence-electron chi connectivity index (χ0n) is 17.3. The molecule has 2 aromatic carbocycles. The van der Waals surface area contributed by atoms with Gasteiger partial charge in [-0.25, -0.2) is 4.39 Å². The first kappa shape index (κ1) is 19.4. The third kappa shape index (κ3) is 2.64. The normalized spacial score (nSPS) is 18.2. The van der Waals surface area contributed by atoms with Gasteiger partial charge in [-0.15, -0.1) is 0 Å². The van der Waals surface area contributed by atoms with Crippen molar-refractivity contribution in [1.29, 1.82) is 0 Å². The second-order valence-electron chi connectivity index (χ2n) is 8.13. The van der Waals surface area contributed by atoms with Crippen molar-refractivity contribution in [3.8, 4) is 11.3 Å². The number of likely N-dealkylation sites (N-methyl/N-ethyl adjacent to an activating group) is 1. The van der Waals surface area contributed by atoms with E-state index < -0.39 is 5.82 Å². The SMILES string of the molecule is CN1C(=O)[C@@H]2CNCCN2c2c1cnc1c(F)c(-c3cccc4cccc(Cl)c34)ncc21. The summed E-state index contributed by atoms with van der Waals surface area (Å²) in [7, 11) is 1.73. The molecule has 1 fully saturated rings. The van der Waals surface area contributed by atoms with Crippen molar-refractivity contribution >= 4 is 50.6 Å². The number of pyridine rings is 2. The maximum Gasteiger partial charge on any atom is 0.250 e. The molecule has 32 heavy (non-hydrogen) atoms. The van der Waals surface area contributed by atoms with Crippen LogP contribution in [0, 0.1) is 5.82 Å². The number of anilines is 2. The maximum atomic E-state index is 15.9. The lowest BCUT2D eigenvalue weighted by molar-refractivity contribution is -0.120. The zero-order valence-corrected chi connectivity index (χ0v) is 18.0. The summed E-state index contributed by atoms with van der Waals surface area (Å²) in [6.45, 7) is 1.95. The van der Waals surface area contributed by atoms with E-state index in [1.54, 1.807) is 30.4 Å². The number of carbonyl (C=O) groups excluding carboxylic acids is 1. The number of hydrogen-bond acceptors (Lipinski definition) is 5. The molecule has 8 heteroatoms. The molecule has 0 spiro atoms. The van der Waals surface area contributed by atoms with E-state index in [1.807, 2.05) is 35.2 Å². The molecular weight excluding hydrogens is 429 g/mol. The van der Waals surface area contributed by atoms with Crippen LogP contribution in [0.15, 0.2) is 48.8 Å². The molecule has 0 bridgehead atoms. The van der Waals surface area contributed by atoms with Gasteiger partial charge in [0.05, 0.1) is 17.6 Å². The number of piperazine rings is 1. The molecule has 1 saturated heterocycles. The summed E-state index contributed by atoms with van der Waals surface area (Å²) < 4.78 is 15.9. The van der Waals surface area contributed by atoms with E-state index in [1.165, 1.54) is 0 Å². The molecule has 4 heterocycles. The molecule has 2 aliphatic rings. The molecule has 2 aromatic heterocycles. The monoisotopic (exact) mass is 447 g/mol. The van der Waals surface area contributed by atoms with Crippen LogP contribution in [0.2, 0.25) is 5.02 Å². The highest BCUT2D eigenvalue weighted by Gasteiger charge is 2.39. The Kier molecular flexibility index (Phi) is 4.31. The summed E-state index contributed by atoms with van der Waals surface area (Å²) in [6, 6.07) is 10.9. The van der Waals surface area contributed by atoms with E-state index in [-0.39, 0.29) is 23.2 Å². The molecule has 160 valence electrons. The minimum Gasteiger partial charge on any atom is -0.355 e. The number of fused-ring (bicyclic) bond motifs is 6. The average Bonchev–Trinajstić information content (AvgIpc) is 2.82. The third-order valence-electron chi connectivity index (χ3n) is 6.42. The fourth-order valence-electron chi connectivity index (χ4n) is 4.86. The minimum absolute atomic E-state index is 0.00120. The van der Waals surface area contributed by atoms with E-state index in [0.29, 0.717) is 34.7 Å². The lowest BCUT2D eigenvalue weighted by Gasteiger charge is -2.44. The number of nitrogens with zero attached hydrogens (tertiary/aromatic N) is 4. The predicted molar refractivity (Wildman–Crippen MR) is 125 cm³/mol. The number of hydrogen-bond donors (Lipinski definition) is 1. The van der Waals surface area contributed by atoms with Crippen molar-refractivity contribution < 1.29 is 9.18 Å². The maximum absolute atomic E-state index is 15.9. The molecule has 6 nitrogen and oxygen atoms in total. The fourth-order valence-corrected chi connectivity index (χ4v) is 5.15. The quantitative estimate of drug-likeness (QED) is 0.478. The number of rotatable bonds is 1. The first-order chi connectivity index (χ1) is 15.6. The van der Waals surface area contributed by atoms with Crippen LogP contribution in [-0.4, -0.2) is 48.6 Å². The largest absolute Gasteiger partial charge is 0.355 e. The number of carbonyl (C=O) groups is 1. The van der Waals surface area contributed by atoms with Crippen molar-refractivity contribution in [3.63, 3.8) is 0 Å². The van der Waals surface area contributed by atoms with Gasteiger partial charge in [-0.05, 0) is 11.5 Å². The Balaban J connectivity index is 1.61. The standard InChI is InChI=1S/C24H19ClFN5O/c1-30-17-12-29-22-15(23(17)31-9-8-27-11-18(31)24(30)32)10-28-21(20(22)26)14-6-2-4-13-5-3-7-16(25)19(13)14/h2-7,10,12,18,27H,8-9,11H2,1H3/t18-/m0/s1. The summed E-state index contributed by atoms with van der Waals surface area (Å²) in [6.07, 6.45) is 3.24. The second-order valence-corrected chi connectivity index (χ2v) is 8.54. The van der Waals surface area contributed by atoms with Crippen LogP contribution in [0.3, 0.4) is 0 Å². The highest BCUT2D eigenvalue weighted by atomic mass is 35.5. The van der Waals surface area contributed by atoms with Crippen LogP contribution in [0.5, 0.6) is 0 Å². The third-order valence-corrected chi connectivity index (χ3v) is 6.74. The second kappa shape index (κ2) is 7.12. The summed E-state index contributed by atoms with van der Waals surface area (Å²) >= 11 is 6.47. The van der Waals surface area contributed by atoms with Gasteiger partial charge in [0.25, 0.3) is 5.91 Å². The van der Waals surface area contributed by atoms with E-state index in [4.69, 9.17) is 11.6 Å². The summed E-state index contributed by atoms with van der Waals surface area (Å²) in [5.74, 6) is -0.495. The lowest BCUT2D eigenvalue weighted by Crippen LogP contribution is -2.61. The molecule has 1 amide bonds. The number of amides is 1. The lowest BCUT2D eigenvalue weighted by atomic mass is 9.99. The average molecular weight is 448 g/mol. The summed E-state index contributed by atoms with van der Waals surface area (Å²) in [4.78, 5) is 25.4. The number of nitrogens with one attached hydrogen (secondary N) is 1. The highest BCUT2D eigenvalue weighted by Crippen LogP contribution is 2.42. The van der Waals surface area contributed by atoms with Crippen molar-refractivity contribution in [2.45, 2.75) is 6.04 Å². The molecule has 0 radical (unpaired) electrons. The van der Waals surface area contributed by atoms with Gasteiger partial charge in [0, 0.05) is 54.2 Å². The van der Waals surface area contributed by atoms with Crippen LogP contribution < -0.4 is 15.1 Å². The molecule has 2 aliphatic heterocycles. The van der Waals surface area contributed by atoms with Crippen molar-refractivity contribution in [1.82, 2.24) is 15.3 Å². The number of aromatic nitrogens is 2. The van der Waals surface area contributed by atoms with Gasteiger partial charge in [0.2, 0.25) is 0 Å². The molecule has 6 rings (SSSR count). The van der Waals surface area contributed by atoms with Crippen molar-refractivity contribution in [2.24, 2.45) is 0 Å². The van der Waals surface area contributed by atoms with E-state index >= 15 is 4.39 Å². The number of benzene rings is 2. The van der Waals surface area contributed by atoms with Gasteiger partial charge >= 0.3 is 0 Å². The van der Waals surface area contributed by atoms with Gasteiger partial charge in [-0.3, -0.25) is 14.8 Å². The summed E-state index contributed by atoms with van der Waals surface area (Å²) in [5.41, 5.74) is 2.54. The Morgan fingerprint density at radius 3 is 2.81 bits per heavy atom. The Hall–Kier alpha value is -3.29. The highest BCUT2D eigenvalue weighted by molar-refractivity contribution is 6.36. The number of halogens is 2. The van der Waals surface area contributed by atoms with E-state index in [0.717, 1.165) is 23.0 Å². The molecule has 0 aliphatic carbocycles. The van der Waals surface area contributed by atoms with Crippen molar-refractivity contribution in [2.75, 3.05) is 36.5 Å². The molecule has 1 N–H and O–H groups in total. The molecule has 0 unspecified atom stereocenters. The Labute approximate surface area is 188 Å². The van der Waals surface area contributed by atoms with E-state index in [9.17, 15) is 4.79 Å². The van der Waals surface area contributed by atoms with Crippen LogP contribution >= 0.6 is 11.6 Å². The van der Waals surface area contributed by atoms with Crippen LogP contribution in [0.25, 0.3) is 32.9 Å². The summed E-state index contributed by atoms with van der Waals surface area (Å²) in [5, 5.41) is 6.09. The topological polar surface area (TPSA) is 61.4 Å². The van der Waals surface area contributed by atoms with Crippen LogP contribution in [0.1, 0.15) is 0 Å². The van der Waals surface area contributed by atoms with Crippen LogP contribution in [-0.2, 0) is 4.79 Å². The van der Waals surface area contributed by atoms with Gasteiger partial charge in [-0.1, -0.05) is 41.9 Å². The Morgan fingerprint density at radius 2 is 1.97 bits per heavy atom. The zero-order chi connectivity index (χ0) is 22.0. The molecule has 4 aromatic rings. The smallest absolute Gasteiger partial charge is 0.250 e. The van der Waals surface area contributed by atoms with Gasteiger partial charge in [0.1, 0.15) is 17.3 Å². The van der Waals surface area contributed by atoms with Gasteiger partial charge in [-0.2, -0.15) is 0 Å².